The summed E-state index contributed by atoms with van der Waals surface area (Å²) >= 11 is 0. The molecule has 0 aliphatic heterocycles. The lowest BCUT2D eigenvalue weighted by Gasteiger charge is -2.27. The first kappa shape index (κ1) is 13.8. The summed E-state index contributed by atoms with van der Waals surface area (Å²) in [6, 6.07) is 4.71. The van der Waals surface area contributed by atoms with Crippen LogP contribution >= 0.6 is 0 Å². The Morgan fingerprint density at radius 1 is 0.882 bits per heavy atom. The lowest BCUT2D eigenvalue weighted by Crippen LogP contribution is -2.27. The topological polar surface area (TPSA) is 18.5 Å². The minimum absolute atomic E-state index is 0.176. The van der Waals surface area contributed by atoms with Gasteiger partial charge in [-0.25, -0.2) is 4.39 Å². The molecule has 0 amide bonds. The molecular formula is C14H21FO2. The summed E-state index contributed by atoms with van der Waals surface area (Å²) in [4.78, 5) is 0. The third-order valence-electron chi connectivity index (χ3n) is 1.76. The molecule has 0 spiro atoms. The normalized spacial score (nSPS) is 12.4. The molecule has 1 rings (SSSR count). The molecule has 0 aliphatic carbocycles. The van der Waals surface area contributed by atoms with Gasteiger partial charge in [0.15, 0.2) is 17.3 Å². The van der Waals surface area contributed by atoms with Crippen LogP contribution in [0.4, 0.5) is 4.39 Å². The van der Waals surface area contributed by atoms with Gasteiger partial charge in [-0.05, 0) is 53.7 Å². The van der Waals surface area contributed by atoms with Gasteiger partial charge in [0, 0.05) is 0 Å². The first-order valence-electron chi connectivity index (χ1n) is 5.75. The van der Waals surface area contributed by atoms with Gasteiger partial charge < -0.3 is 9.47 Å². The van der Waals surface area contributed by atoms with E-state index in [0.29, 0.717) is 5.75 Å². The fourth-order valence-electron chi connectivity index (χ4n) is 1.30. The van der Waals surface area contributed by atoms with Crippen molar-refractivity contribution in [2.75, 3.05) is 0 Å². The average Bonchev–Trinajstić information content (AvgIpc) is 2.07. The van der Waals surface area contributed by atoms with Crippen LogP contribution < -0.4 is 9.47 Å². The molecule has 0 saturated carbocycles. The molecule has 0 heterocycles. The molecule has 96 valence electrons. The third kappa shape index (κ3) is 4.63. The monoisotopic (exact) mass is 240 g/mol. The molecule has 3 heteroatoms. The van der Waals surface area contributed by atoms with Crippen LogP contribution in [0.15, 0.2) is 18.2 Å². The largest absolute Gasteiger partial charge is 0.484 e. The van der Waals surface area contributed by atoms with Gasteiger partial charge in [0.2, 0.25) is 0 Å². The van der Waals surface area contributed by atoms with Crippen LogP contribution in [-0.4, -0.2) is 11.2 Å². The van der Waals surface area contributed by atoms with E-state index in [1.165, 1.54) is 6.07 Å². The predicted octanol–water partition coefficient (Wildman–Crippen LogP) is 4.18. The Kier molecular flexibility index (Phi) is 3.70. The Balaban J connectivity index is 3.09. The number of ether oxygens (including phenoxy) is 2. The minimum atomic E-state index is -0.460. The second-order valence-corrected chi connectivity index (χ2v) is 6.00. The van der Waals surface area contributed by atoms with Crippen molar-refractivity contribution in [1.29, 1.82) is 0 Å². The highest BCUT2D eigenvalue weighted by Gasteiger charge is 2.22. The maximum Gasteiger partial charge on any atom is 0.197 e. The number of halogens is 1. The van der Waals surface area contributed by atoms with Gasteiger partial charge >= 0.3 is 0 Å². The highest BCUT2D eigenvalue weighted by atomic mass is 19.1. The van der Waals surface area contributed by atoms with Crippen molar-refractivity contribution in [1.82, 2.24) is 0 Å². The molecule has 0 aromatic heterocycles. The maximum atomic E-state index is 13.8. The summed E-state index contributed by atoms with van der Waals surface area (Å²) in [5, 5.41) is 0. The van der Waals surface area contributed by atoms with Crippen molar-refractivity contribution in [3.63, 3.8) is 0 Å². The van der Waals surface area contributed by atoms with Crippen LogP contribution in [0.3, 0.4) is 0 Å². The molecule has 1 aromatic carbocycles. The van der Waals surface area contributed by atoms with Crippen LogP contribution in [0.1, 0.15) is 41.5 Å². The van der Waals surface area contributed by atoms with E-state index >= 15 is 0 Å². The minimum Gasteiger partial charge on any atom is -0.484 e. The van der Waals surface area contributed by atoms with Crippen molar-refractivity contribution in [2.24, 2.45) is 0 Å². The predicted molar refractivity (Wildman–Crippen MR) is 67.2 cm³/mol. The number of hydrogen-bond donors (Lipinski definition) is 0. The van der Waals surface area contributed by atoms with Gasteiger partial charge in [-0.3, -0.25) is 0 Å². The number of para-hydroxylation sites is 1. The molecule has 0 bridgehead atoms. The van der Waals surface area contributed by atoms with Gasteiger partial charge in [-0.2, -0.15) is 0 Å². The second kappa shape index (κ2) is 4.55. The summed E-state index contributed by atoms with van der Waals surface area (Å²) in [6.45, 7) is 11.4. The Bertz CT molecular complexity index is 386. The van der Waals surface area contributed by atoms with Crippen LogP contribution in [0.5, 0.6) is 11.5 Å². The van der Waals surface area contributed by atoms with Crippen molar-refractivity contribution >= 4 is 0 Å². The van der Waals surface area contributed by atoms with E-state index < -0.39 is 11.4 Å². The van der Waals surface area contributed by atoms with Gasteiger partial charge in [0.25, 0.3) is 0 Å². The van der Waals surface area contributed by atoms with Crippen molar-refractivity contribution in [3.8, 4) is 11.5 Å². The van der Waals surface area contributed by atoms with E-state index in [0.717, 1.165) is 0 Å². The zero-order valence-corrected chi connectivity index (χ0v) is 11.4. The van der Waals surface area contributed by atoms with Crippen molar-refractivity contribution in [2.45, 2.75) is 52.7 Å². The second-order valence-electron chi connectivity index (χ2n) is 6.00. The van der Waals surface area contributed by atoms with Gasteiger partial charge in [-0.1, -0.05) is 6.07 Å². The van der Waals surface area contributed by atoms with Crippen LogP contribution in [0.25, 0.3) is 0 Å². The number of hydrogen-bond acceptors (Lipinski definition) is 2. The molecule has 1 aromatic rings. The summed E-state index contributed by atoms with van der Waals surface area (Å²) in [5.41, 5.74) is -0.845. The van der Waals surface area contributed by atoms with Crippen LogP contribution in [0.2, 0.25) is 0 Å². The first-order chi connectivity index (χ1) is 7.58. The molecule has 0 aliphatic rings. The molecule has 0 radical (unpaired) electrons. The lowest BCUT2D eigenvalue weighted by atomic mass is 10.1. The molecule has 0 unspecified atom stereocenters. The zero-order chi connectivity index (χ0) is 13.3. The zero-order valence-electron chi connectivity index (χ0n) is 11.4. The quantitative estimate of drug-likeness (QED) is 0.772. The van der Waals surface area contributed by atoms with E-state index in [2.05, 4.69) is 0 Å². The SMILES string of the molecule is CC(C)(C)Oc1cccc(F)c1OC(C)(C)C. The highest BCUT2D eigenvalue weighted by Crippen LogP contribution is 2.35. The smallest absolute Gasteiger partial charge is 0.197 e. The van der Waals surface area contributed by atoms with Crippen molar-refractivity contribution < 1.29 is 13.9 Å². The van der Waals surface area contributed by atoms with E-state index in [1.54, 1.807) is 12.1 Å². The Hall–Kier alpha value is -1.25. The molecule has 0 saturated heterocycles. The average molecular weight is 240 g/mol. The summed E-state index contributed by atoms with van der Waals surface area (Å²) in [7, 11) is 0. The fraction of sp³-hybridized carbons (Fsp3) is 0.571. The number of rotatable bonds is 2. The maximum absolute atomic E-state index is 13.8. The molecule has 0 atom stereocenters. The lowest BCUT2D eigenvalue weighted by molar-refractivity contribution is 0.0912. The van der Waals surface area contributed by atoms with Gasteiger partial charge in [0.1, 0.15) is 11.2 Å². The Morgan fingerprint density at radius 2 is 1.41 bits per heavy atom. The Labute approximate surface area is 103 Å². The first-order valence-corrected chi connectivity index (χ1v) is 5.75. The van der Waals surface area contributed by atoms with E-state index in [9.17, 15) is 4.39 Å². The third-order valence-corrected chi connectivity index (χ3v) is 1.76. The van der Waals surface area contributed by atoms with E-state index in [-0.39, 0.29) is 11.4 Å². The Morgan fingerprint density at radius 3 is 1.88 bits per heavy atom. The standard InChI is InChI=1S/C14H21FO2/c1-13(2,3)16-11-9-7-8-10(15)12(11)17-14(4,5)6/h7-9H,1-6H3. The summed E-state index contributed by atoms with van der Waals surface area (Å²) < 4.78 is 25.1. The molecule has 2 nitrogen and oxygen atoms in total. The molecular weight excluding hydrogens is 219 g/mol. The van der Waals surface area contributed by atoms with Crippen LogP contribution in [-0.2, 0) is 0 Å². The van der Waals surface area contributed by atoms with Gasteiger partial charge in [-0.15, -0.1) is 0 Å². The molecule has 0 fully saturated rings. The molecule has 0 N–H and O–H groups in total. The highest BCUT2D eigenvalue weighted by molar-refractivity contribution is 5.41. The number of benzene rings is 1. The summed E-state index contributed by atoms with van der Waals surface area (Å²) in [5.74, 6) is 0.212. The van der Waals surface area contributed by atoms with E-state index in [4.69, 9.17) is 9.47 Å². The van der Waals surface area contributed by atoms with Crippen molar-refractivity contribution in [3.05, 3.63) is 24.0 Å². The van der Waals surface area contributed by atoms with Gasteiger partial charge in [0.05, 0.1) is 0 Å². The van der Waals surface area contributed by atoms with Crippen LogP contribution in [0, 0.1) is 5.82 Å². The molecule has 17 heavy (non-hydrogen) atoms. The summed E-state index contributed by atoms with van der Waals surface area (Å²) in [6.07, 6.45) is 0. The fourth-order valence-corrected chi connectivity index (χ4v) is 1.30. The van der Waals surface area contributed by atoms with E-state index in [1.807, 2.05) is 41.5 Å².